The van der Waals surface area contributed by atoms with E-state index < -0.39 is 0 Å². The molecule has 0 bridgehead atoms. The second kappa shape index (κ2) is 13.4. The van der Waals surface area contributed by atoms with Gasteiger partial charge in [-0.05, 0) is 51.6 Å². The average Bonchev–Trinajstić information content (AvgIpc) is 3.20. The smallest absolute Gasteiger partial charge is 0.191 e. The van der Waals surface area contributed by atoms with Gasteiger partial charge in [-0.2, -0.15) is 0 Å². The summed E-state index contributed by atoms with van der Waals surface area (Å²) in [6.07, 6.45) is 2.25. The quantitative estimate of drug-likeness (QED) is 0.383. The molecule has 0 radical (unpaired) electrons. The fraction of sp³-hybridized carbons (Fsp3) is 0.696. The van der Waals surface area contributed by atoms with Crippen LogP contribution in [0.3, 0.4) is 0 Å². The standard InChI is InChI=1S/C23H41N5O3/c1-7-31-20(9-10-27(3)4)15-25-23(24-2)26-19-8-11-28(17-19)16-18-12-21(29-5)14-22(13-18)30-6/h12-14,19-20H,7-11,15-17H2,1-6H3,(H2,24,25,26). The number of benzene rings is 1. The zero-order valence-electron chi connectivity index (χ0n) is 20.1. The predicted octanol–water partition coefficient (Wildman–Crippen LogP) is 1.80. The third-order valence-electron chi connectivity index (χ3n) is 5.45. The van der Waals surface area contributed by atoms with Crippen molar-refractivity contribution < 1.29 is 14.2 Å². The molecular weight excluding hydrogens is 394 g/mol. The molecule has 2 unspecified atom stereocenters. The van der Waals surface area contributed by atoms with Crippen molar-refractivity contribution in [3.8, 4) is 11.5 Å². The van der Waals surface area contributed by atoms with E-state index in [0.29, 0.717) is 6.04 Å². The van der Waals surface area contributed by atoms with Gasteiger partial charge < -0.3 is 29.7 Å². The van der Waals surface area contributed by atoms with E-state index in [1.54, 1.807) is 14.2 Å². The number of nitrogens with one attached hydrogen (secondary N) is 2. The second-order valence-electron chi connectivity index (χ2n) is 8.21. The van der Waals surface area contributed by atoms with Crippen LogP contribution in [0.2, 0.25) is 0 Å². The van der Waals surface area contributed by atoms with Crippen molar-refractivity contribution in [2.75, 3.05) is 68.1 Å². The lowest BCUT2D eigenvalue weighted by molar-refractivity contribution is 0.0548. The molecule has 8 nitrogen and oxygen atoms in total. The van der Waals surface area contributed by atoms with Crippen molar-refractivity contribution in [2.45, 2.75) is 38.5 Å². The van der Waals surface area contributed by atoms with Gasteiger partial charge in [-0.1, -0.05) is 0 Å². The molecule has 1 saturated heterocycles. The summed E-state index contributed by atoms with van der Waals surface area (Å²) >= 11 is 0. The van der Waals surface area contributed by atoms with Gasteiger partial charge in [-0.25, -0.2) is 0 Å². The number of ether oxygens (including phenoxy) is 3. The lowest BCUT2D eigenvalue weighted by Crippen LogP contribution is -2.47. The van der Waals surface area contributed by atoms with Gasteiger partial charge in [-0.15, -0.1) is 0 Å². The third kappa shape index (κ3) is 8.93. The zero-order valence-corrected chi connectivity index (χ0v) is 20.1. The van der Waals surface area contributed by atoms with Crippen molar-refractivity contribution >= 4 is 5.96 Å². The van der Waals surface area contributed by atoms with E-state index in [4.69, 9.17) is 14.2 Å². The maximum absolute atomic E-state index is 5.88. The lowest BCUT2D eigenvalue weighted by Gasteiger charge is -2.23. The maximum atomic E-state index is 5.88. The number of likely N-dealkylation sites (tertiary alicyclic amines) is 1. The van der Waals surface area contributed by atoms with Gasteiger partial charge in [-0.3, -0.25) is 9.89 Å². The first-order valence-corrected chi connectivity index (χ1v) is 11.1. The van der Waals surface area contributed by atoms with E-state index in [1.807, 2.05) is 20.0 Å². The zero-order chi connectivity index (χ0) is 22.6. The summed E-state index contributed by atoms with van der Waals surface area (Å²) in [5.41, 5.74) is 1.19. The largest absolute Gasteiger partial charge is 0.497 e. The molecule has 0 aromatic heterocycles. The van der Waals surface area contributed by atoms with E-state index in [2.05, 4.69) is 51.7 Å². The van der Waals surface area contributed by atoms with Gasteiger partial charge >= 0.3 is 0 Å². The number of aliphatic imine (C=N–C) groups is 1. The van der Waals surface area contributed by atoms with Crippen LogP contribution in [0.1, 0.15) is 25.3 Å². The topological polar surface area (TPSA) is 70.6 Å². The molecule has 2 N–H and O–H groups in total. The van der Waals surface area contributed by atoms with E-state index in [1.165, 1.54) is 5.56 Å². The highest BCUT2D eigenvalue weighted by molar-refractivity contribution is 5.80. The summed E-state index contributed by atoms with van der Waals surface area (Å²) in [7, 11) is 9.36. The fourth-order valence-electron chi connectivity index (χ4n) is 3.79. The summed E-state index contributed by atoms with van der Waals surface area (Å²) in [5.74, 6) is 2.49. The molecule has 31 heavy (non-hydrogen) atoms. The Balaban J connectivity index is 1.82. The van der Waals surface area contributed by atoms with Crippen LogP contribution in [0.4, 0.5) is 0 Å². The number of guanidine groups is 1. The molecule has 2 rings (SSSR count). The Morgan fingerprint density at radius 1 is 1.23 bits per heavy atom. The van der Waals surface area contributed by atoms with Crippen LogP contribution in [0.25, 0.3) is 0 Å². The molecule has 1 aromatic rings. The Bertz CT molecular complexity index is 661. The fourth-order valence-corrected chi connectivity index (χ4v) is 3.79. The number of hydrogen-bond acceptors (Lipinski definition) is 6. The van der Waals surface area contributed by atoms with Crippen LogP contribution in [-0.4, -0.2) is 96.1 Å². The highest BCUT2D eigenvalue weighted by Crippen LogP contribution is 2.24. The van der Waals surface area contributed by atoms with Gasteiger partial charge in [0.2, 0.25) is 0 Å². The van der Waals surface area contributed by atoms with Crippen LogP contribution in [0, 0.1) is 0 Å². The summed E-state index contributed by atoms with van der Waals surface area (Å²) in [6, 6.07) is 6.42. The van der Waals surface area contributed by atoms with Crippen LogP contribution in [0.5, 0.6) is 11.5 Å². The predicted molar refractivity (Wildman–Crippen MR) is 126 cm³/mol. The van der Waals surface area contributed by atoms with Crippen LogP contribution < -0.4 is 20.1 Å². The molecule has 1 aromatic carbocycles. The normalized spacial score (nSPS) is 18.3. The SMILES string of the molecule is CCOC(CCN(C)C)CNC(=NC)NC1CCN(Cc2cc(OC)cc(OC)c2)C1. The molecule has 1 aliphatic rings. The van der Waals surface area contributed by atoms with Gasteiger partial charge in [0.1, 0.15) is 11.5 Å². The molecule has 0 aliphatic carbocycles. The second-order valence-corrected chi connectivity index (χ2v) is 8.21. The molecule has 0 spiro atoms. The first-order valence-electron chi connectivity index (χ1n) is 11.1. The molecule has 0 amide bonds. The summed E-state index contributed by atoms with van der Waals surface area (Å²) in [6.45, 7) is 7.40. The molecule has 176 valence electrons. The summed E-state index contributed by atoms with van der Waals surface area (Å²) < 4.78 is 16.7. The molecular formula is C23H41N5O3. The molecule has 2 atom stereocenters. The molecule has 1 heterocycles. The van der Waals surface area contributed by atoms with E-state index in [-0.39, 0.29) is 6.10 Å². The monoisotopic (exact) mass is 435 g/mol. The highest BCUT2D eigenvalue weighted by Gasteiger charge is 2.24. The Labute approximate surface area is 187 Å². The van der Waals surface area contributed by atoms with Crippen molar-refractivity contribution in [3.63, 3.8) is 0 Å². The minimum atomic E-state index is 0.175. The first kappa shape index (κ1) is 25.2. The third-order valence-corrected chi connectivity index (χ3v) is 5.45. The lowest BCUT2D eigenvalue weighted by atomic mass is 10.2. The Morgan fingerprint density at radius 3 is 2.52 bits per heavy atom. The summed E-state index contributed by atoms with van der Waals surface area (Å²) in [5, 5.41) is 7.01. The Kier molecular flexibility index (Phi) is 10.9. The Morgan fingerprint density at radius 2 is 1.94 bits per heavy atom. The van der Waals surface area contributed by atoms with E-state index >= 15 is 0 Å². The van der Waals surface area contributed by atoms with Crippen LogP contribution in [-0.2, 0) is 11.3 Å². The summed E-state index contributed by atoms with van der Waals surface area (Å²) in [4.78, 5) is 9.04. The maximum Gasteiger partial charge on any atom is 0.191 e. The van der Waals surface area contributed by atoms with Gasteiger partial charge in [0.05, 0.1) is 20.3 Å². The average molecular weight is 436 g/mol. The minimum Gasteiger partial charge on any atom is -0.497 e. The first-order chi connectivity index (χ1) is 15.0. The van der Waals surface area contributed by atoms with Gasteiger partial charge in [0.25, 0.3) is 0 Å². The minimum absolute atomic E-state index is 0.175. The molecule has 0 saturated carbocycles. The van der Waals surface area contributed by atoms with Crippen molar-refractivity contribution in [3.05, 3.63) is 23.8 Å². The van der Waals surface area contributed by atoms with Crippen molar-refractivity contribution in [1.29, 1.82) is 0 Å². The van der Waals surface area contributed by atoms with Crippen molar-refractivity contribution in [2.24, 2.45) is 4.99 Å². The van der Waals surface area contributed by atoms with Crippen molar-refractivity contribution in [1.82, 2.24) is 20.4 Å². The number of methoxy groups -OCH3 is 2. The number of rotatable bonds is 12. The number of hydrogen-bond donors (Lipinski definition) is 2. The number of nitrogens with zero attached hydrogens (tertiary/aromatic N) is 3. The van der Waals surface area contributed by atoms with E-state index in [0.717, 1.165) is 69.6 Å². The van der Waals surface area contributed by atoms with Gasteiger partial charge in [0, 0.05) is 58.5 Å². The Hall–Kier alpha value is -2.03. The van der Waals surface area contributed by atoms with Crippen LogP contribution >= 0.6 is 0 Å². The van der Waals surface area contributed by atoms with Crippen LogP contribution in [0.15, 0.2) is 23.2 Å². The molecule has 8 heteroatoms. The van der Waals surface area contributed by atoms with E-state index in [9.17, 15) is 0 Å². The highest BCUT2D eigenvalue weighted by atomic mass is 16.5. The molecule has 1 aliphatic heterocycles. The van der Waals surface area contributed by atoms with Gasteiger partial charge in [0.15, 0.2) is 5.96 Å². The molecule has 1 fully saturated rings.